The highest BCUT2D eigenvalue weighted by Gasteiger charge is 2.19. The Morgan fingerprint density at radius 2 is 1.84 bits per heavy atom. The van der Waals surface area contributed by atoms with Crippen molar-refractivity contribution in [3.8, 4) is 11.5 Å². The monoisotopic (exact) mass is 326 g/mol. The van der Waals surface area contributed by atoms with Gasteiger partial charge in [0.05, 0.1) is 14.2 Å². The summed E-state index contributed by atoms with van der Waals surface area (Å²) < 4.78 is 10.6. The van der Waals surface area contributed by atoms with E-state index in [0.717, 1.165) is 23.8 Å². The summed E-state index contributed by atoms with van der Waals surface area (Å²) in [6, 6.07) is 6.20. The predicted octanol–water partition coefficient (Wildman–Crippen LogP) is 4.59. The van der Waals surface area contributed by atoms with Crippen LogP contribution in [0.4, 0.5) is 0 Å². The van der Waals surface area contributed by atoms with Gasteiger partial charge >= 0.3 is 0 Å². The summed E-state index contributed by atoms with van der Waals surface area (Å²) in [5.41, 5.74) is 1.30. The molecule has 1 aliphatic carbocycles. The van der Waals surface area contributed by atoms with E-state index in [1.165, 1.54) is 37.7 Å². The van der Waals surface area contributed by atoms with Crippen molar-refractivity contribution in [1.29, 1.82) is 0 Å². The van der Waals surface area contributed by atoms with Gasteiger partial charge in [-0.1, -0.05) is 47.7 Å². The van der Waals surface area contributed by atoms with Gasteiger partial charge < -0.3 is 9.47 Å². The highest BCUT2D eigenvalue weighted by Crippen LogP contribution is 2.33. The van der Waals surface area contributed by atoms with Crippen molar-refractivity contribution in [2.45, 2.75) is 43.4 Å². The molecule has 0 aromatic heterocycles. The second-order valence-electron chi connectivity index (χ2n) is 5.38. The summed E-state index contributed by atoms with van der Waals surface area (Å²) in [5.74, 6) is 2.54. The lowest BCUT2D eigenvalue weighted by Gasteiger charge is -2.16. The van der Waals surface area contributed by atoms with Gasteiger partial charge in [0, 0.05) is 4.83 Å². The van der Waals surface area contributed by atoms with E-state index in [2.05, 4.69) is 28.1 Å². The molecule has 0 radical (unpaired) electrons. The summed E-state index contributed by atoms with van der Waals surface area (Å²) in [6.07, 6.45) is 7.99. The first-order chi connectivity index (χ1) is 9.22. The zero-order chi connectivity index (χ0) is 13.7. The Labute approximate surface area is 124 Å². The normalized spacial score (nSPS) is 17.4. The molecule has 0 spiro atoms. The van der Waals surface area contributed by atoms with E-state index in [1.54, 1.807) is 14.2 Å². The average Bonchev–Trinajstić information content (AvgIpc) is 2.91. The molecule has 0 bridgehead atoms. The highest BCUT2D eigenvalue weighted by atomic mass is 79.9. The van der Waals surface area contributed by atoms with Gasteiger partial charge in [-0.05, 0) is 36.5 Å². The molecule has 1 aliphatic rings. The summed E-state index contributed by atoms with van der Waals surface area (Å²) in [7, 11) is 3.36. The van der Waals surface area contributed by atoms with Crippen LogP contribution in [-0.4, -0.2) is 19.0 Å². The fourth-order valence-electron chi connectivity index (χ4n) is 2.95. The Hall–Kier alpha value is -0.700. The van der Waals surface area contributed by atoms with E-state index in [4.69, 9.17) is 9.47 Å². The van der Waals surface area contributed by atoms with Gasteiger partial charge in [0.15, 0.2) is 11.5 Å². The molecular formula is C16H23BrO2. The number of halogens is 1. The standard InChI is InChI=1S/C16H23BrO2/c1-18-15-8-7-13(11-16(15)19-2)10-14(17)9-12-5-3-4-6-12/h7-8,11-12,14H,3-6,9-10H2,1-2H3. The predicted molar refractivity (Wildman–Crippen MR) is 82.5 cm³/mol. The summed E-state index contributed by atoms with van der Waals surface area (Å²) in [5, 5.41) is 0. The first-order valence-corrected chi connectivity index (χ1v) is 7.99. The van der Waals surface area contributed by atoms with E-state index in [0.29, 0.717) is 4.83 Å². The topological polar surface area (TPSA) is 18.5 Å². The molecule has 1 aromatic rings. The van der Waals surface area contributed by atoms with Crippen LogP contribution >= 0.6 is 15.9 Å². The van der Waals surface area contributed by atoms with Gasteiger partial charge in [0.2, 0.25) is 0 Å². The van der Waals surface area contributed by atoms with Gasteiger partial charge in [0.1, 0.15) is 0 Å². The first-order valence-electron chi connectivity index (χ1n) is 7.08. The third-order valence-electron chi connectivity index (χ3n) is 3.97. The van der Waals surface area contributed by atoms with E-state index in [9.17, 15) is 0 Å². The largest absolute Gasteiger partial charge is 0.493 e. The molecule has 0 heterocycles. The van der Waals surface area contributed by atoms with E-state index in [1.807, 2.05) is 6.07 Å². The van der Waals surface area contributed by atoms with Crippen LogP contribution in [-0.2, 0) is 6.42 Å². The molecule has 1 atom stereocenters. The van der Waals surface area contributed by atoms with Crippen molar-refractivity contribution < 1.29 is 9.47 Å². The van der Waals surface area contributed by atoms with Crippen LogP contribution in [0.15, 0.2) is 18.2 Å². The van der Waals surface area contributed by atoms with Gasteiger partial charge in [-0.3, -0.25) is 0 Å². The minimum absolute atomic E-state index is 0.564. The van der Waals surface area contributed by atoms with Gasteiger partial charge in [-0.2, -0.15) is 0 Å². The summed E-state index contributed by atoms with van der Waals surface area (Å²) in [6.45, 7) is 0. The molecule has 0 saturated heterocycles. The van der Waals surface area contributed by atoms with Crippen LogP contribution in [0.1, 0.15) is 37.7 Å². The lowest BCUT2D eigenvalue weighted by molar-refractivity contribution is 0.354. The molecule has 2 nitrogen and oxygen atoms in total. The number of methoxy groups -OCH3 is 2. The lowest BCUT2D eigenvalue weighted by Crippen LogP contribution is -2.08. The average molecular weight is 327 g/mol. The third kappa shape index (κ3) is 4.13. The molecule has 3 heteroatoms. The van der Waals surface area contributed by atoms with Crippen LogP contribution in [0.5, 0.6) is 11.5 Å². The van der Waals surface area contributed by atoms with Crippen LogP contribution in [0.3, 0.4) is 0 Å². The molecule has 1 unspecified atom stereocenters. The molecular weight excluding hydrogens is 304 g/mol. The van der Waals surface area contributed by atoms with E-state index < -0.39 is 0 Å². The number of hydrogen-bond donors (Lipinski definition) is 0. The van der Waals surface area contributed by atoms with Crippen LogP contribution in [0.2, 0.25) is 0 Å². The maximum Gasteiger partial charge on any atom is 0.160 e. The first kappa shape index (κ1) is 14.7. The van der Waals surface area contributed by atoms with Crippen molar-refractivity contribution in [3.05, 3.63) is 23.8 Å². The molecule has 19 heavy (non-hydrogen) atoms. The summed E-state index contributed by atoms with van der Waals surface area (Å²) in [4.78, 5) is 0.564. The van der Waals surface area contributed by atoms with Gasteiger partial charge in [-0.15, -0.1) is 0 Å². The van der Waals surface area contributed by atoms with Crippen molar-refractivity contribution in [3.63, 3.8) is 0 Å². The molecule has 0 N–H and O–H groups in total. The lowest BCUT2D eigenvalue weighted by atomic mass is 9.98. The molecule has 1 aromatic carbocycles. The van der Waals surface area contributed by atoms with Crippen LogP contribution in [0, 0.1) is 5.92 Å². The molecule has 1 fully saturated rings. The zero-order valence-electron chi connectivity index (χ0n) is 11.8. The number of rotatable bonds is 6. The molecule has 1 saturated carbocycles. The molecule has 106 valence electrons. The van der Waals surface area contributed by atoms with Crippen LogP contribution in [0.25, 0.3) is 0 Å². The fourth-order valence-corrected chi connectivity index (χ4v) is 3.86. The number of benzene rings is 1. The number of ether oxygens (including phenoxy) is 2. The van der Waals surface area contributed by atoms with Crippen LogP contribution < -0.4 is 9.47 Å². The van der Waals surface area contributed by atoms with Crippen molar-refractivity contribution in [1.82, 2.24) is 0 Å². The van der Waals surface area contributed by atoms with Crippen molar-refractivity contribution >= 4 is 15.9 Å². The second-order valence-corrected chi connectivity index (χ2v) is 6.67. The second kappa shape index (κ2) is 7.18. The minimum Gasteiger partial charge on any atom is -0.493 e. The van der Waals surface area contributed by atoms with Crippen molar-refractivity contribution in [2.75, 3.05) is 14.2 Å². The minimum atomic E-state index is 0.564. The quantitative estimate of drug-likeness (QED) is 0.712. The Balaban J connectivity index is 1.94. The summed E-state index contributed by atoms with van der Waals surface area (Å²) >= 11 is 3.83. The fraction of sp³-hybridized carbons (Fsp3) is 0.625. The van der Waals surface area contributed by atoms with Gasteiger partial charge in [-0.25, -0.2) is 0 Å². The molecule has 2 rings (SSSR count). The van der Waals surface area contributed by atoms with E-state index >= 15 is 0 Å². The Morgan fingerprint density at radius 1 is 1.16 bits per heavy atom. The molecule has 0 aliphatic heterocycles. The number of alkyl halides is 1. The molecule has 0 amide bonds. The maximum absolute atomic E-state index is 5.35. The Bertz CT molecular complexity index is 400. The zero-order valence-corrected chi connectivity index (χ0v) is 13.4. The highest BCUT2D eigenvalue weighted by molar-refractivity contribution is 9.09. The van der Waals surface area contributed by atoms with Gasteiger partial charge in [0.25, 0.3) is 0 Å². The number of hydrogen-bond acceptors (Lipinski definition) is 2. The van der Waals surface area contributed by atoms with E-state index in [-0.39, 0.29) is 0 Å². The maximum atomic E-state index is 5.35. The van der Waals surface area contributed by atoms with Crippen molar-refractivity contribution in [2.24, 2.45) is 5.92 Å². The Morgan fingerprint density at radius 3 is 2.47 bits per heavy atom. The SMILES string of the molecule is COc1ccc(CC(Br)CC2CCCC2)cc1OC. The Kier molecular flexibility index (Phi) is 5.56. The third-order valence-corrected chi connectivity index (χ3v) is 4.67. The smallest absolute Gasteiger partial charge is 0.160 e.